The fraction of sp³-hybridized carbons (Fsp3) is 0.294. The Labute approximate surface area is 129 Å². The van der Waals surface area contributed by atoms with Gasteiger partial charge in [-0.1, -0.05) is 58.4 Å². The molecule has 0 fully saturated rings. The maximum atomic E-state index is 6.38. The average Bonchev–Trinajstić information content (AvgIpc) is 2.45. The van der Waals surface area contributed by atoms with Crippen LogP contribution < -0.4 is 5.73 Å². The Hall–Kier alpha value is -1.16. The molecule has 0 radical (unpaired) electrons. The SMILES string of the molecule is CCOC(c1ccccc1)C(N)Cc1cccc(Br)c1. The van der Waals surface area contributed by atoms with E-state index < -0.39 is 0 Å². The highest BCUT2D eigenvalue weighted by atomic mass is 79.9. The van der Waals surface area contributed by atoms with Crippen molar-refractivity contribution in [3.05, 3.63) is 70.2 Å². The molecule has 0 aliphatic carbocycles. The van der Waals surface area contributed by atoms with Gasteiger partial charge < -0.3 is 10.5 Å². The van der Waals surface area contributed by atoms with Crippen molar-refractivity contribution in [3.8, 4) is 0 Å². The third kappa shape index (κ3) is 4.17. The van der Waals surface area contributed by atoms with Crippen LogP contribution in [0.15, 0.2) is 59.1 Å². The van der Waals surface area contributed by atoms with E-state index in [2.05, 4.69) is 40.2 Å². The molecule has 2 N–H and O–H groups in total. The van der Waals surface area contributed by atoms with Crippen molar-refractivity contribution in [1.82, 2.24) is 0 Å². The molecular formula is C17H20BrNO. The molecule has 3 heteroatoms. The lowest BCUT2D eigenvalue weighted by atomic mass is 9.97. The summed E-state index contributed by atoms with van der Waals surface area (Å²) in [4.78, 5) is 0. The van der Waals surface area contributed by atoms with Gasteiger partial charge in [0.2, 0.25) is 0 Å². The predicted molar refractivity (Wildman–Crippen MR) is 86.6 cm³/mol. The second kappa shape index (κ2) is 7.58. The molecule has 2 rings (SSSR count). The molecule has 2 aromatic rings. The number of hydrogen-bond acceptors (Lipinski definition) is 2. The van der Waals surface area contributed by atoms with Crippen molar-refractivity contribution in [2.24, 2.45) is 5.73 Å². The average molecular weight is 334 g/mol. The molecule has 0 bridgehead atoms. The van der Waals surface area contributed by atoms with Crippen LogP contribution in [-0.2, 0) is 11.2 Å². The summed E-state index contributed by atoms with van der Waals surface area (Å²) < 4.78 is 6.93. The quantitative estimate of drug-likeness (QED) is 0.863. The Morgan fingerprint density at radius 1 is 1.10 bits per heavy atom. The molecule has 0 amide bonds. The summed E-state index contributed by atoms with van der Waals surface area (Å²) in [5, 5.41) is 0. The fourth-order valence-corrected chi connectivity index (χ4v) is 2.78. The first-order valence-electron chi connectivity index (χ1n) is 6.87. The summed E-state index contributed by atoms with van der Waals surface area (Å²) in [6.07, 6.45) is 0.721. The zero-order valence-corrected chi connectivity index (χ0v) is 13.2. The minimum absolute atomic E-state index is 0.0633. The van der Waals surface area contributed by atoms with Crippen molar-refractivity contribution in [2.45, 2.75) is 25.5 Å². The third-order valence-corrected chi connectivity index (χ3v) is 3.72. The number of hydrogen-bond donors (Lipinski definition) is 1. The van der Waals surface area contributed by atoms with Gasteiger partial charge in [0.05, 0.1) is 6.10 Å². The first kappa shape index (κ1) is 15.2. The van der Waals surface area contributed by atoms with Crippen LogP contribution in [-0.4, -0.2) is 12.6 Å². The van der Waals surface area contributed by atoms with Crippen molar-refractivity contribution < 1.29 is 4.74 Å². The van der Waals surface area contributed by atoms with E-state index in [4.69, 9.17) is 10.5 Å². The first-order valence-corrected chi connectivity index (χ1v) is 7.66. The lowest BCUT2D eigenvalue weighted by Gasteiger charge is -2.24. The second-order valence-corrected chi connectivity index (χ2v) is 5.70. The molecule has 0 aromatic heterocycles. The normalized spacial score (nSPS) is 13.9. The van der Waals surface area contributed by atoms with E-state index >= 15 is 0 Å². The van der Waals surface area contributed by atoms with E-state index in [0.29, 0.717) is 6.61 Å². The minimum atomic E-state index is -0.0693. The lowest BCUT2D eigenvalue weighted by molar-refractivity contribution is 0.0433. The van der Waals surface area contributed by atoms with E-state index in [9.17, 15) is 0 Å². The molecule has 2 unspecified atom stereocenters. The molecule has 2 aromatic carbocycles. The Bertz CT molecular complexity index is 530. The van der Waals surface area contributed by atoms with Crippen LogP contribution in [0.25, 0.3) is 0 Å². The zero-order valence-electron chi connectivity index (χ0n) is 11.6. The molecule has 0 saturated carbocycles. The van der Waals surface area contributed by atoms with Crippen LogP contribution in [0.1, 0.15) is 24.2 Å². The summed E-state index contributed by atoms with van der Waals surface area (Å²) in [7, 11) is 0. The van der Waals surface area contributed by atoms with Gasteiger partial charge in [0, 0.05) is 17.1 Å². The number of ether oxygens (including phenoxy) is 1. The van der Waals surface area contributed by atoms with Crippen LogP contribution >= 0.6 is 15.9 Å². The summed E-state index contributed by atoms with van der Waals surface area (Å²) in [6.45, 7) is 2.66. The summed E-state index contributed by atoms with van der Waals surface area (Å²) in [5.74, 6) is 0. The highest BCUT2D eigenvalue weighted by Crippen LogP contribution is 2.23. The largest absolute Gasteiger partial charge is 0.372 e. The van der Waals surface area contributed by atoms with Gasteiger partial charge in [0.15, 0.2) is 0 Å². The molecule has 2 atom stereocenters. The minimum Gasteiger partial charge on any atom is -0.372 e. The predicted octanol–water partition coefficient (Wildman–Crippen LogP) is 4.10. The van der Waals surface area contributed by atoms with Crippen molar-refractivity contribution in [3.63, 3.8) is 0 Å². The summed E-state index contributed by atoms with van der Waals surface area (Å²) in [5.41, 5.74) is 8.73. The second-order valence-electron chi connectivity index (χ2n) is 4.78. The molecule has 0 aliphatic rings. The van der Waals surface area contributed by atoms with Crippen LogP contribution in [0.4, 0.5) is 0 Å². The highest BCUT2D eigenvalue weighted by molar-refractivity contribution is 9.10. The van der Waals surface area contributed by atoms with Crippen LogP contribution in [0.5, 0.6) is 0 Å². The molecule has 0 aliphatic heterocycles. The molecular weight excluding hydrogens is 314 g/mol. The van der Waals surface area contributed by atoms with E-state index in [0.717, 1.165) is 16.5 Å². The number of rotatable bonds is 6. The smallest absolute Gasteiger partial charge is 0.0978 e. The van der Waals surface area contributed by atoms with Gasteiger partial charge in [0.25, 0.3) is 0 Å². The van der Waals surface area contributed by atoms with E-state index in [1.165, 1.54) is 5.56 Å². The topological polar surface area (TPSA) is 35.2 Å². The van der Waals surface area contributed by atoms with Gasteiger partial charge >= 0.3 is 0 Å². The monoisotopic (exact) mass is 333 g/mol. The van der Waals surface area contributed by atoms with E-state index in [-0.39, 0.29) is 12.1 Å². The standard InChI is InChI=1S/C17H20BrNO/c1-2-20-17(14-8-4-3-5-9-14)16(19)12-13-7-6-10-15(18)11-13/h3-11,16-17H,2,12,19H2,1H3. The maximum absolute atomic E-state index is 6.38. The van der Waals surface area contributed by atoms with Crippen molar-refractivity contribution in [1.29, 1.82) is 0 Å². The molecule has 20 heavy (non-hydrogen) atoms. The lowest BCUT2D eigenvalue weighted by Crippen LogP contribution is -2.32. The van der Waals surface area contributed by atoms with Gasteiger partial charge in [-0.3, -0.25) is 0 Å². The van der Waals surface area contributed by atoms with Crippen molar-refractivity contribution >= 4 is 15.9 Å². The first-order chi connectivity index (χ1) is 9.70. The van der Waals surface area contributed by atoms with Gasteiger partial charge in [-0.05, 0) is 36.6 Å². The fourth-order valence-electron chi connectivity index (χ4n) is 2.33. The van der Waals surface area contributed by atoms with E-state index in [1.54, 1.807) is 0 Å². The number of benzene rings is 2. The Morgan fingerprint density at radius 2 is 1.85 bits per heavy atom. The molecule has 2 nitrogen and oxygen atoms in total. The molecule has 0 spiro atoms. The van der Waals surface area contributed by atoms with Crippen LogP contribution in [0, 0.1) is 0 Å². The number of nitrogens with two attached hydrogens (primary N) is 1. The van der Waals surface area contributed by atoms with E-state index in [1.807, 2.05) is 37.3 Å². The number of halogens is 1. The van der Waals surface area contributed by atoms with Crippen LogP contribution in [0.3, 0.4) is 0 Å². The Morgan fingerprint density at radius 3 is 2.50 bits per heavy atom. The van der Waals surface area contributed by atoms with Gasteiger partial charge in [-0.15, -0.1) is 0 Å². The molecule has 106 valence electrons. The van der Waals surface area contributed by atoms with Gasteiger partial charge in [-0.2, -0.15) is 0 Å². The maximum Gasteiger partial charge on any atom is 0.0978 e. The summed E-state index contributed by atoms with van der Waals surface area (Å²) >= 11 is 3.49. The Balaban J connectivity index is 2.13. The van der Waals surface area contributed by atoms with Gasteiger partial charge in [0.1, 0.15) is 0 Å². The highest BCUT2D eigenvalue weighted by Gasteiger charge is 2.20. The summed E-state index contributed by atoms with van der Waals surface area (Å²) in [6, 6.07) is 18.4. The zero-order chi connectivity index (χ0) is 14.4. The third-order valence-electron chi connectivity index (χ3n) is 3.22. The van der Waals surface area contributed by atoms with Crippen LogP contribution in [0.2, 0.25) is 0 Å². The molecule has 0 saturated heterocycles. The Kier molecular flexibility index (Phi) is 5.77. The van der Waals surface area contributed by atoms with Gasteiger partial charge in [-0.25, -0.2) is 0 Å². The molecule has 0 heterocycles. The van der Waals surface area contributed by atoms with Crippen molar-refractivity contribution in [2.75, 3.05) is 6.61 Å².